The predicted molar refractivity (Wildman–Crippen MR) is 94.4 cm³/mol. The average molecular weight is 364 g/mol. The summed E-state index contributed by atoms with van der Waals surface area (Å²) in [5.74, 6) is -0.219. The Balaban J connectivity index is 2.08. The van der Waals surface area contributed by atoms with Crippen LogP contribution in [0.25, 0.3) is 0 Å². The van der Waals surface area contributed by atoms with Crippen LogP contribution in [0.5, 0.6) is 5.75 Å². The van der Waals surface area contributed by atoms with Crippen molar-refractivity contribution < 1.29 is 19.1 Å². The van der Waals surface area contributed by atoms with Crippen LogP contribution in [0.1, 0.15) is 20.7 Å². The van der Waals surface area contributed by atoms with Gasteiger partial charge in [-0.05, 0) is 24.3 Å². The van der Waals surface area contributed by atoms with Crippen LogP contribution in [0.2, 0.25) is 5.02 Å². The third-order valence-corrected chi connectivity index (χ3v) is 3.56. The van der Waals surface area contributed by atoms with E-state index in [-0.39, 0.29) is 17.0 Å². The highest BCUT2D eigenvalue weighted by Gasteiger charge is 2.12. The van der Waals surface area contributed by atoms with E-state index in [0.29, 0.717) is 29.6 Å². The second-order valence-corrected chi connectivity index (χ2v) is 5.42. The normalized spacial score (nSPS) is 10.2. The van der Waals surface area contributed by atoms with E-state index in [1.54, 1.807) is 25.3 Å². The highest BCUT2D eigenvalue weighted by atomic mass is 35.5. The summed E-state index contributed by atoms with van der Waals surface area (Å²) in [5, 5.41) is 5.75. The third kappa shape index (κ3) is 5.17. The molecule has 0 fully saturated rings. The largest absolute Gasteiger partial charge is 0.495 e. The van der Waals surface area contributed by atoms with Crippen LogP contribution in [-0.2, 0) is 4.74 Å². The molecule has 0 aliphatic rings. The minimum Gasteiger partial charge on any atom is -0.495 e. The third-order valence-electron chi connectivity index (χ3n) is 3.26. The van der Waals surface area contributed by atoms with Crippen molar-refractivity contribution >= 4 is 29.1 Å². The SMILES string of the molecule is COCCNC(=O)c1cncc(C(=O)Nc2ccc(OC)c(Cl)c2)c1. The lowest BCUT2D eigenvalue weighted by Crippen LogP contribution is -2.27. The van der Waals surface area contributed by atoms with Gasteiger partial charge in [0.2, 0.25) is 0 Å². The molecule has 2 aromatic rings. The smallest absolute Gasteiger partial charge is 0.257 e. The summed E-state index contributed by atoms with van der Waals surface area (Å²) in [6.45, 7) is 0.772. The second-order valence-electron chi connectivity index (χ2n) is 5.01. The molecule has 1 aromatic carbocycles. The van der Waals surface area contributed by atoms with Gasteiger partial charge in [0.25, 0.3) is 11.8 Å². The number of carbonyl (C=O) groups is 2. The first-order valence-electron chi connectivity index (χ1n) is 7.42. The fourth-order valence-corrected chi connectivity index (χ4v) is 2.26. The Morgan fingerprint density at radius 2 is 1.84 bits per heavy atom. The summed E-state index contributed by atoms with van der Waals surface area (Å²) in [5.41, 5.74) is 1.05. The van der Waals surface area contributed by atoms with E-state index in [0.717, 1.165) is 0 Å². The zero-order valence-corrected chi connectivity index (χ0v) is 14.6. The molecule has 0 aliphatic heterocycles. The number of methoxy groups -OCH3 is 2. The lowest BCUT2D eigenvalue weighted by Gasteiger charge is -2.09. The van der Waals surface area contributed by atoms with Gasteiger partial charge in [0, 0.05) is 31.7 Å². The van der Waals surface area contributed by atoms with E-state index in [1.807, 2.05) is 0 Å². The molecule has 0 aliphatic carbocycles. The molecule has 0 atom stereocenters. The molecule has 25 heavy (non-hydrogen) atoms. The van der Waals surface area contributed by atoms with E-state index in [4.69, 9.17) is 21.1 Å². The molecule has 2 N–H and O–H groups in total. The maximum atomic E-state index is 12.3. The Morgan fingerprint density at radius 1 is 1.12 bits per heavy atom. The Morgan fingerprint density at radius 3 is 2.48 bits per heavy atom. The number of nitrogens with one attached hydrogen (secondary N) is 2. The first-order chi connectivity index (χ1) is 12.0. The molecule has 0 bridgehead atoms. The van der Waals surface area contributed by atoms with E-state index < -0.39 is 5.91 Å². The molecule has 8 heteroatoms. The Hall–Kier alpha value is -2.64. The van der Waals surface area contributed by atoms with Gasteiger partial charge in [0.15, 0.2) is 0 Å². The van der Waals surface area contributed by atoms with Crippen molar-refractivity contribution in [3.05, 3.63) is 52.8 Å². The molecule has 1 aromatic heterocycles. The number of benzene rings is 1. The quantitative estimate of drug-likeness (QED) is 0.737. The summed E-state index contributed by atoms with van der Waals surface area (Å²) >= 11 is 6.03. The Kier molecular flexibility index (Phi) is 6.73. The van der Waals surface area contributed by atoms with Crippen LogP contribution in [0.3, 0.4) is 0 Å². The van der Waals surface area contributed by atoms with Crippen molar-refractivity contribution in [3.63, 3.8) is 0 Å². The average Bonchev–Trinajstić information content (AvgIpc) is 2.62. The molecule has 1 heterocycles. The molecule has 0 spiro atoms. The van der Waals surface area contributed by atoms with Crippen molar-refractivity contribution in [3.8, 4) is 5.75 Å². The predicted octanol–water partition coefficient (Wildman–Crippen LogP) is 2.37. The highest BCUT2D eigenvalue weighted by Crippen LogP contribution is 2.27. The van der Waals surface area contributed by atoms with Gasteiger partial charge in [-0.3, -0.25) is 14.6 Å². The number of pyridine rings is 1. The Labute approximate surface area is 150 Å². The van der Waals surface area contributed by atoms with Gasteiger partial charge < -0.3 is 20.1 Å². The summed E-state index contributed by atoms with van der Waals surface area (Å²) in [4.78, 5) is 28.3. The van der Waals surface area contributed by atoms with Gasteiger partial charge in [-0.15, -0.1) is 0 Å². The monoisotopic (exact) mass is 363 g/mol. The number of rotatable bonds is 7. The molecular weight excluding hydrogens is 346 g/mol. The fourth-order valence-electron chi connectivity index (χ4n) is 2.00. The van der Waals surface area contributed by atoms with Crippen LogP contribution >= 0.6 is 11.6 Å². The first kappa shape index (κ1) is 18.7. The number of carbonyl (C=O) groups excluding carboxylic acids is 2. The lowest BCUT2D eigenvalue weighted by molar-refractivity contribution is 0.0936. The molecule has 0 saturated carbocycles. The standard InChI is InChI=1S/C17H18ClN3O4/c1-24-6-5-20-16(22)11-7-12(10-19-9-11)17(23)21-13-3-4-15(25-2)14(18)8-13/h3-4,7-10H,5-6H2,1-2H3,(H,20,22)(H,21,23). The molecule has 132 valence electrons. The van der Waals surface area contributed by atoms with Crippen LogP contribution in [0, 0.1) is 0 Å². The minimum atomic E-state index is -0.403. The number of ether oxygens (including phenoxy) is 2. The maximum absolute atomic E-state index is 12.3. The zero-order chi connectivity index (χ0) is 18.2. The molecule has 7 nitrogen and oxygen atoms in total. The van der Waals surface area contributed by atoms with Crippen LogP contribution in [0.4, 0.5) is 5.69 Å². The number of amides is 2. The van der Waals surface area contributed by atoms with E-state index in [2.05, 4.69) is 15.6 Å². The van der Waals surface area contributed by atoms with Gasteiger partial charge in [-0.25, -0.2) is 0 Å². The van der Waals surface area contributed by atoms with E-state index in [9.17, 15) is 9.59 Å². The lowest BCUT2D eigenvalue weighted by atomic mass is 10.2. The first-order valence-corrected chi connectivity index (χ1v) is 7.80. The van der Waals surface area contributed by atoms with Gasteiger partial charge >= 0.3 is 0 Å². The Bertz CT molecular complexity index is 767. The van der Waals surface area contributed by atoms with Gasteiger partial charge in [0.1, 0.15) is 5.75 Å². The number of nitrogens with zero attached hydrogens (tertiary/aromatic N) is 1. The molecule has 2 amide bonds. The van der Waals surface area contributed by atoms with Gasteiger partial charge in [-0.1, -0.05) is 11.6 Å². The van der Waals surface area contributed by atoms with Gasteiger partial charge in [0.05, 0.1) is 29.9 Å². The van der Waals surface area contributed by atoms with Crippen molar-refractivity contribution in [1.29, 1.82) is 0 Å². The van der Waals surface area contributed by atoms with Crippen molar-refractivity contribution in [1.82, 2.24) is 10.3 Å². The summed E-state index contributed by atoms with van der Waals surface area (Å²) in [7, 11) is 3.05. The van der Waals surface area contributed by atoms with Crippen molar-refractivity contribution in [2.45, 2.75) is 0 Å². The van der Waals surface area contributed by atoms with E-state index in [1.165, 1.54) is 25.6 Å². The number of hydrogen-bond donors (Lipinski definition) is 2. The number of anilines is 1. The summed E-state index contributed by atoms with van der Waals surface area (Å²) in [6.07, 6.45) is 2.77. The summed E-state index contributed by atoms with van der Waals surface area (Å²) < 4.78 is 9.93. The molecule has 0 radical (unpaired) electrons. The minimum absolute atomic E-state index is 0.256. The fraction of sp³-hybridized carbons (Fsp3) is 0.235. The number of halogens is 1. The summed E-state index contributed by atoms with van der Waals surface area (Å²) in [6, 6.07) is 6.36. The molecule has 0 unspecified atom stereocenters. The van der Waals surface area contributed by atoms with Crippen LogP contribution in [-0.4, -0.2) is 44.2 Å². The van der Waals surface area contributed by atoms with Crippen molar-refractivity contribution in [2.24, 2.45) is 0 Å². The zero-order valence-electron chi connectivity index (χ0n) is 13.8. The topological polar surface area (TPSA) is 89.5 Å². The van der Waals surface area contributed by atoms with E-state index >= 15 is 0 Å². The van der Waals surface area contributed by atoms with Gasteiger partial charge in [-0.2, -0.15) is 0 Å². The second kappa shape index (κ2) is 9.00. The number of hydrogen-bond acceptors (Lipinski definition) is 5. The molecule has 2 rings (SSSR count). The maximum Gasteiger partial charge on any atom is 0.257 e. The number of aromatic nitrogens is 1. The molecule has 0 saturated heterocycles. The molecular formula is C17H18ClN3O4. The van der Waals surface area contributed by atoms with Crippen molar-refractivity contribution in [2.75, 3.05) is 32.7 Å². The van der Waals surface area contributed by atoms with Crippen LogP contribution < -0.4 is 15.4 Å². The highest BCUT2D eigenvalue weighted by molar-refractivity contribution is 6.32. The van der Waals surface area contributed by atoms with Crippen LogP contribution in [0.15, 0.2) is 36.7 Å².